The summed E-state index contributed by atoms with van der Waals surface area (Å²) in [6, 6.07) is 8.25. The zero-order valence-electron chi connectivity index (χ0n) is 10.9. The first kappa shape index (κ1) is 11.6. The standard InChI is InChI=1S/C14H15N5/c1-10(2)19-9-12(8-16-19)17-14-15-7-11-5-3-4-6-13(11)18-14/h3-10H,1-2H3,(H,15,17,18). The van der Waals surface area contributed by atoms with E-state index in [-0.39, 0.29) is 0 Å². The Morgan fingerprint density at radius 2 is 2.00 bits per heavy atom. The number of anilines is 2. The lowest BCUT2D eigenvalue weighted by Crippen LogP contribution is -2.00. The molecule has 0 aliphatic rings. The topological polar surface area (TPSA) is 55.6 Å². The van der Waals surface area contributed by atoms with Crippen LogP contribution in [0.2, 0.25) is 0 Å². The first-order valence-corrected chi connectivity index (χ1v) is 6.25. The van der Waals surface area contributed by atoms with Crippen LogP contribution in [-0.2, 0) is 0 Å². The van der Waals surface area contributed by atoms with E-state index >= 15 is 0 Å². The number of hydrogen-bond acceptors (Lipinski definition) is 4. The van der Waals surface area contributed by atoms with E-state index in [1.165, 1.54) is 0 Å². The van der Waals surface area contributed by atoms with Gasteiger partial charge in [0.2, 0.25) is 5.95 Å². The van der Waals surface area contributed by atoms with Crippen molar-refractivity contribution in [3.63, 3.8) is 0 Å². The lowest BCUT2D eigenvalue weighted by atomic mass is 10.2. The third-order valence-electron chi connectivity index (χ3n) is 2.88. The van der Waals surface area contributed by atoms with Gasteiger partial charge in [-0.05, 0) is 19.9 Å². The first-order chi connectivity index (χ1) is 9.22. The molecule has 0 atom stereocenters. The Balaban J connectivity index is 1.87. The highest BCUT2D eigenvalue weighted by Gasteiger charge is 2.04. The minimum atomic E-state index is 0.341. The summed E-state index contributed by atoms with van der Waals surface area (Å²) in [5.74, 6) is 0.585. The molecule has 0 bridgehead atoms. The van der Waals surface area contributed by atoms with E-state index in [1.807, 2.05) is 41.3 Å². The average Bonchev–Trinajstić information content (AvgIpc) is 2.87. The van der Waals surface area contributed by atoms with Crippen LogP contribution < -0.4 is 5.32 Å². The molecule has 1 aromatic carbocycles. The van der Waals surface area contributed by atoms with E-state index in [0.29, 0.717) is 12.0 Å². The molecule has 0 unspecified atom stereocenters. The Morgan fingerprint density at radius 3 is 2.79 bits per heavy atom. The first-order valence-electron chi connectivity index (χ1n) is 6.25. The zero-order chi connectivity index (χ0) is 13.2. The number of hydrogen-bond donors (Lipinski definition) is 1. The molecule has 96 valence electrons. The van der Waals surface area contributed by atoms with Crippen molar-refractivity contribution in [1.29, 1.82) is 0 Å². The van der Waals surface area contributed by atoms with E-state index in [0.717, 1.165) is 16.6 Å². The van der Waals surface area contributed by atoms with Crippen molar-refractivity contribution < 1.29 is 0 Å². The van der Waals surface area contributed by atoms with Gasteiger partial charge in [-0.2, -0.15) is 5.10 Å². The Kier molecular flexibility index (Phi) is 2.87. The molecular weight excluding hydrogens is 238 g/mol. The van der Waals surface area contributed by atoms with E-state index in [4.69, 9.17) is 0 Å². The lowest BCUT2D eigenvalue weighted by Gasteiger charge is -2.04. The number of benzene rings is 1. The van der Waals surface area contributed by atoms with Crippen LogP contribution in [0.15, 0.2) is 42.9 Å². The Morgan fingerprint density at radius 1 is 1.16 bits per heavy atom. The smallest absolute Gasteiger partial charge is 0.227 e. The van der Waals surface area contributed by atoms with Crippen molar-refractivity contribution in [3.05, 3.63) is 42.9 Å². The normalized spacial score (nSPS) is 11.1. The van der Waals surface area contributed by atoms with Crippen LogP contribution in [-0.4, -0.2) is 19.7 Å². The highest BCUT2D eigenvalue weighted by molar-refractivity contribution is 5.78. The van der Waals surface area contributed by atoms with Gasteiger partial charge in [0.25, 0.3) is 0 Å². The van der Waals surface area contributed by atoms with Gasteiger partial charge in [0.1, 0.15) is 0 Å². The summed E-state index contributed by atoms with van der Waals surface area (Å²) in [5.41, 5.74) is 1.82. The van der Waals surface area contributed by atoms with Gasteiger partial charge in [-0.25, -0.2) is 9.97 Å². The zero-order valence-corrected chi connectivity index (χ0v) is 10.9. The molecule has 5 heteroatoms. The fourth-order valence-corrected chi connectivity index (χ4v) is 1.85. The molecule has 0 amide bonds. The number of para-hydroxylation sites is 1. The Bertz CT molecular complexity index is 702. The van der Waals surface area contributed by atoms with Crippen molar-refractivity contribution in [2.75, 3.05) is 5.32 Å². The second-order valence-electron chi connectivity index (χ2n) is 4.68. The molecule has 0 spiro atoms. The van der Waals surface area contributed by atoms with Gasteiger partial charge in [-0.1, -0.05) is 18.2 Å². The summed E-state index contributed by atoms with van der Waals surface area (Å²) < 4.78 is 1.89. The van der Waals surface area contributed by atoms with E-state index < -0.39 is 0 Å². The van der Waals surface area contributed by atoms with E-state index in [9.17, 15) is 0 Å². The molecule has 0 aliphatic heterocycles. The maximum Gasteiger partial charge on any atom is 0.227 e. The average molecular weight is 253 g/mol. The van der Waals surface area contributed by atoms with Gasteiger partial charge < -0.3 is 5.32 Å². The maximum absolute atomic E-state index is 4.47. The number of nitrogens with zero attached hydrogens (tertiary/aromatic N) is 4. The number of rotatable bonds is 3. The maximum atomic E-state index is 4.47. The van der Waals surface area contributed by atoms with Crippen molar-refractivity contribution in [1.82, 2.24) is 19.7 Å². The molecule has 0 aliphatic carbocycles. The predicted molar refractivity (Wildman–Crippen MR) is 75.4 cm³/mol. The largest absolute Gasteiger partial charge is 0.321 e. The van der Waals surface area contributed by atoms with Gasteiger partial charge in [0, 0.05) is 23.8 Å². The monoisotopic (exact) mass is 253 g/mol. The predicted octanol–water partition coefficient (Wildman–Crippen LogP) is 3.15. The molecule has 3 rings (SSSR count). The van der Waals surface area contributed by atoms with Gasteiger partial charge in [0.05, 0.1) is 17.4 Å². The highest BCUT2D eigenvalue weighted by atomic mass is 15.3. The van der Waals surface area contributed by atoms with Gasteiger partial charge in [0.15, 0.2) is 0 Å². The second kappa shape index (κ2) is 4.68. The molecule has 5 nitrogen and oxygen atoms in total. The molecule has 2 aromatic heterocycles. The third kappa shape index (κ3) is 2.40. The fraction of sp³-hybridized carbons (Fsp3) is 0.214. The fourth-order valence-electron chi connectivity index (χ4n) is 1.85. The summed E-state index contributed by atoms with van der Waals surface area (Å²) in [7, 11) is 0. The summed E-state index contributed by atoms with van der Waals surface area (Å²) >= 11 is 0. The molecule has 3 aromatic rings. The highest BCUT2D eigenvalue weighted by Crippen LogP contribution is 2.16. The van der Waals surface area contributed by atoms with Crippen LogP contribution in [0.25, 0.3) is 10.9 Å². The second-order valence-corrected chi connectivity index (χ2v) is 4.68. The quantitative estimate of drug-likeness (QED) is 0.779. The summed E-state index contributed by atoms with van der Waals surface area (Å²) in [5, 5.41) is 8.47. The minimum absolute atomic E-state index is 0.341. The van der Waals surface area contributed by atoms with Crippen molar-refractivity contribution in [2.45, 2.75) is 19.9 Å². The molecule has 0 radical (unpaired) electrons. The number of fused-ring (bicyclic) bond motifs is 1. The molecule has 1 N–H and O–H groups in total. The summed E-state index contributed by atoms with van der Waals surface area (Å²) in [4.78, 5) is 8.76. The molecule has 2 heterocycles. The van der Waals surface area contributed by atoms with Crippen LogP contribution in [0.1, 0.15) is 19.9 Å². The van der Waals surface area contributed by atoms with E-state index in [1.54, 1.807) is 6.20 Å². The third-order valence-corrected chi connectivity index (χ3v) is 2.88. The SMILES string of the molecule is CC(C)n1cc(Nc2ncc3ccccc3n2)cn1. The number of nitrogens with one attached hydrogen (secondary N) is 1. The van der Waals surface area contributed by atoms with Crippen LogP contribution in [0.4, 0.5) is 11.6 Å². The van der Waals surface area contributed by atoms with Gasteiger partial charge in [-0.3, -0.25) is 4.68 Å². The van der Waals surface area contributed by atoms with Crippen molar-refractivity contribution in [3.8, 4) is 0 Å². The lowest BCUT2D eigenvalue weighted by molar-refractivity contribution is 0.532. The Labute approximate surface area is 111 Å². The summed E-state index contributed by atoms with van der Waals surface area (Å²) in [6.07, 6.45) is 5.54. The number of aromatic nitrogens is 4. The van der Waals surface area contributed by atoms with Gasteiger partial charge in [-0.15, -0.1) is 0 Å². The van der Waals surface area contributed by atoms with Crippen LogP contribution in [0.5, 0.6) is 0 Å². The van der Waals surface area contributed by atoms with Crippen LogP contribution >= 0.6 is 0 Å². The van der Waals surface area contributed by atoms with E-state index in [2.05, 4.69) is 34.2 Å². The molecule has 0 saturated heterocycles. The summed E-state index contributed by atoms with van der Waals surface area (Å²) in [6.45, 7) is 4.17. The Hall–Kier alpha value is -2.43. The molecular formula is C14H15N5. The molecule has 0 saturated carbocycles. The van der Waals surface area contributed by atoms with Crippen LogP contribution in [0.3, 0.4) is 0 Å². The van der Waals surface area contributed by atoms with Crippen molar-refractivity contribution in [2.24, 2.45) is 0 Å². The minimum Gasteiger partial charge on any atom is -0.321 e. The molecule has 0 fully saturated rings. The molecule has 19 heavy (non-hydrogen) atoms. The van der Waals surface area contributed by atoms with Gasteiger partial charge >= 0.3 is 0 Å². The van der Waals surface area contributed by atoms with Crippen LogP contribution in [0, 0.1) is 0 Å². The van der Waals surface area contributed by atoms with Crippen molar-refractivity contribution >= 4 is 22.5 Å².